The van der Waals surface area contributed by atoms with E-state index >= 15 is 0 Å². The maximum Gasteiger partial charge on any atom is 0.0982 e. The molecule has 4 heteroatoms. The number of aliphatic hydroxyl groups is 1. The molecule has 3 nitrogen and oxygen atoms in total. The second kappa shape index (κ2) is 3.86. The van der Waals surface area contributed by atoms with Gasteiger partial charge < -0.3 is 10.0 Å². The highest BCUT2D eigenvalue weighted by molar-refractivity contribution is 9.10. The highest BCUT2D eigenvalue weighted by Gasteiger charge is 2.40. The standard InChI is InChI=1S/C12H13BrN2O/c13-9-2-1-4-14-10(9)6-11-12(16)8-3-5-15(11)7-8/h1-2,4,6,8,12,16H,3,5,7H2. The van der Waals surface area contributed by atoms with Crippen molar-refractivity contribution >= 4 is 22.0 Å². The van der Waals surface area contributed by atoms with Crippen molar-refractivity contribution in [1.29, 1.82) is 0 Å². The van der Waals surface area contributed by atoms with Crippen LogP contribution in [-0.4, -0.2) is 34.2 Å². The molecule has 2 aliphatic rings. The molecular weight excluding hydrogens is 268 g/mol. The molecule has 3 rings (SSSR count). The Labute approximate surface area is 103 Å². The first-order valence-electron chi connectivity index (χ1n) is 5.51. The van der Waals surface area contributed by atoms with Crippen molar-refractivity contribution in [1.82, 2.24) is 9.88 Å². The summed E-state index contributed by atoms with van der Waals surface area (Å²) in [6.07, 6.45) is 4.57. The van der Waals surface area contributed by atoms with Crippen LogP contribution in [0.15, 0.2) is 28.5 Å². The predicted octanol–water partition coefficient (Wildman–Crippen LogP) is 1.88. The van der Waals surface area contributed by atoms with E-state index in [1.807, 2.05) is 18.2 Å². The van der Waals surface area contributed by atoms with Crippen molar-refractivity contribution in [2.45, 2.75) is 12.5 Å². The number of rotatable bonds is 1. The Balaban J connectivity index is 1.96. The van der Waals surface area contributed by atoms with Crippen LogP contribution in [0.5, 0.6) is 0 Å². The smallest absolute Gasteiger partial charge is 0.0982 e. The Morgan fingerprint density at radius 1 is 1.56 bits per heavy atom. The Hall–Kier alpha value is -0.870. The van der Waals surface area contributed by atoms with Gasteiger partial charge in [-0.3, -0.25) is 4.98 Å². The fourth-order valence-corrected chi connectivity index (χ4v) is 2.90. The van der Waals surface area contributed by atoms with Gasteiger partial charge in [-0.2, -0.15) is 0 Å². The third-order valence-electron chi connectivity index (χ3n) is 3.41. The molecule has 2 bridgehead atoms. The lowest BCUT2D eigenvalue weighted by Crippen LogP contribution is -2.25. The van der Waals surface area contributed by atoms with Crippen LogP contribution in [0.1, 0.15) is 12.1 Å². The topological polar surface area (TPSA) is 36.4 Å². The lowest BCUT2D eigenvalue weighted by Gasteiger charge is -2.22. The monoisotopic (exact) mass is 280 g/mol. The molecule has 0 radical (unpaired) electrons. The minimum atomic E-state index is -0.303. The van der Waals surface area contributed by atoms with E-state index < -0.39 is 0 Å². The Morgan fingerprint density at radius 3 is 3.12 bits per heavy atom. The first-order chi connectivity index (χ1) is 7.75. The highest BCUT2D eigenvalue weighted by atomic mass is 79.9. The molecule has 2 unspecified atom stereocenters. The van der Waals surface area contributed by atoms with Crippen LogP contribution >= 0.6 is 15.9 Å². The summed E-state index contributed by atoms with van der Waals surface area (Å²) >= 11 is 3.47. The number of hydrogen-bond donors (Lipinski definition) is 1. The van der Waals surface area contributed by atoms with E-state index in [1.54, 1.807) is 6.20 Å². The molecule has 1 N–H and O–H groups in total. The predicted molar refractivity (Wildman–Crippen MR) is 65.6 cm³/mol. The molecule has 0 aromatic carbocycles. The summed E-state index contributed by atoms with van der Waals surface area (Å²) in [5.74, 6) is 0.425. The van der Waals surface area contributed by atoms with Crippen molar-refractivity contribution in [3.63, 3.8) is 0 Å². The lowest BCUT2D eigenvalue weighted by molar-refractivity contribution is 0.153. The first kappa shape index (κ1) is 10.3. The second-order valence-electron chi connectivity index (χ2n) is 4.38. The molecule has 1 aromatic rings. The zero-order valence-electron chi connectivity index (χ0n) is 8.81. The van der Waals surface area contributed by atoms with Crippen molar-refractivity contribution in [3.05, 3.63) is 34.2 Å². The van der Waals surface area contributed by atoms with Gasteiger partial charge in [0.05, 0.1) is 11.8 Å². The van der Waals surface area contributed by atoms with Crippen LogP contribution < -0.4 is 0 Å². The molecule has 0 spiro atoms. The molecule has 2 fully saturated rings. The average Bonchev–Trinajstić information content (AvgIpc) is 2.85. The Kier molecular flexibility index (Phi) is 2.48. The Bertz CT molecular complexity index is 442. The molecule has 2 atom stereocenters. The quantitative estimate of drug-likeness (QED) is 0.854. The van der Waals surface area contributed by atoms with Crippen molar-refractivity contribution < 1.29 is 5.11 Å². The third kappa shape index (κ3) is 1.57. The first-order valence-corrected chi connectivity index (χ1v) is 6.30. The van der Waals surface area contributed by atoms with E-state index in [0.717, 1.165) is 35.4 Å². The average molecular weight is 281 g/mol. The number of pyridine rings is 1. The van der Waals surface area contributed by atoms with Crippen LogP contribution in [0.25, 0.3) is 6.08 Å². The third-order valence-corrected chi connectivity index (χ3v) is 4.08. The van der Waals surface area contributed by atoms with E-state index in [4.69, 9.17) is 0 Å². The van der Waals surface area contributed by atoms with Crippen molar-refractivity contribution in [3.8, 4) is 0 Å². The molecule has 2 aliphatic heterocycles. The van der Waals surface area contributed by atoms with Gasteiger partial charge in [0.15, 0.2) is 0 Å². The number of nitrogens with zero attached hydrogens (tertiary/aromatic N) is 2. The summed E-state index contributed by atoms with van der Waals surface area (Å²) in [7, 11) is 0. The number of aliphatic hydroxyl groups excluding tert-OH is 1. The molecule has 2 saturated heterocycles. The zero-order valence-corrected chi connectivity index (χ0v) is 10.4. The van der Waals surface area contributed by atoms with Crippen molar-refractivity contribution in [2.24, 2.45) is 5.92 Å². The highest BCUT2D eigenvalue weighted by Crippen LogP contribution is 2.37. The number of fused-ring (bicyclic) bond motifs is 2. The van der Waals surface area contributed by atoms with Crippen LogP contribution in [0, 0.1) is 5.92 Å². The summed E-state index contributed by atoms with van der Waals surface area (Å²) in [5, 5.41) is 10.1. The minimum absolute atomic E-state index is 0.303. The van der Waals surface area contributed by atoms with E-state index in [-0.39, 0.29) is 6.10 Å². The number of aromatic nitrogens is 1. The van der Waals surface area contributed by atoms with E-state index in [0.29, 0.717) is 5.92 Å². The van der Waals surface area contributed by atoms with Gasteiger partial charge in [-0.05, 0) is 40.6 Å². The SMILES string of the molecule is OC1C(=Cc2ncccc2Br)N2CCC1C2. The van der Waals surface area contributed by atoms with Crippen LogP contribution in [-0.2, 0) is 0 Å². The molecule has 1 aromatic heterocycles. The van der Waals surface area contributed by atoms with Gasteiger partial charge in [-0.25, -0.2) is 0 Å². The van der Waals surface area contributed by atoms with Gasteiger partial charge in [0, 0.05) is 35.4 Å². The fraction of sp³-hybridized carbons (Fsp3) is 0.417. The van der Waals surface area contributed by atoms with Crippen LogP contribution in [0.2, 0.25) is 0 Å². The Morgan fingerprint density at radius 2 is 2.44 bits per heavy atom. The largest absolute Gasteiger partial charge is 0.387 e. The van der Waals surface area contributed by atoms with Crippen molar-refractivity contribution in [2.75, 3.05) is 13.1 Å². The van der Waals surface area contributed by atoms with Crippen LogP contribution in [0.3, 0.4) is 0 Å². The van der Waals surface area contributed by atoms with Gasteiger partial charge in [-0.1, -0.05) is 0 Å². The molecule has 0 saturated carbocycles. The van der Waals surface area contributed by atoms with Gasteiger partial charge in [0.25, 0.3) is 0 Å². The number of piperidine rings is 1. The molecule has 0 aliphatic carbocycles. The zero-order chi connectivity index (χ0) is 11.1. The van der Waals surface area contributed by atoms with Gasteiger partial charge in [-0.15, -0.1) is 0 Å². The molecule has 16 heavy (non-hydrogen) atoms. The number of halogens is 1. The maximum atomic E-state index is 10.1. The van der Waals surface area contributed by atoms with E-state index in [1.165, 1.54) is 0 Å². The fourth-order valence-electron chi connectivity index (χ4n) is 2.53. The summed E-state index contributed by atoms with van der Waals surface area (Å²) in [6.45, 7) is 2.06. The van der Waals surface area contributed by atoms with E-state index in [9.17, 15) is 5.11 Å². The van der Waals surface area contributed by atoms with Gasteiger partial charge >= 0.3 is 0 Å². The minimum Gasteiger partial charge on any atom is -0.387 e. The summed E-state index contributed by atoms with van der Waals surface area (Å²) in [5.41, 5.74) is 1.92. The second-order valence-corrected chi connectivity index (χ2v) is 5.23. The summed E-state index contributed by atoms with van der Waals surface area (Å²) < 4.78 is 0.971. The van der Waals surface area contributed by atoms with Gasteiger partial charge in [0.1, 0.15) is 0 Å². The maximum absolute atomic E-state index is 10.1. The lowest BCUT2D eigenvalue weighted by atomic mass is 10.00. The van der Waals surface area contributed by atoms with E-state index in [2.05, 4.69) is 25.8 Å². The van der Waals surface area contributed by atoms with Gasteiger partial charge in [0.2, 0.25) is 0 Å². The molecule has 84 valence electrons. The van der Waals surface area contributed by atoms with Crippen LogP contribution in [0.4, 0.5) is 0 Å². The molecular formula is C12H13BrN2O. The summed E-state index contributed by atoms with van der Waals surface area (Å²) in [6, 6.07) is 3.86. The molecule has 0 amide bonds. The molecule has 3 heterocycles. The normalized spacial score (nSPS) is 30.4. The number of hydrogen-bond acceptors (Lipinski definition) is 3. The summed E-state index contributed by atoms with van der Waals surface area (Å²) in [4.78, 5) is 6.56.